The van der Waals surface area contributed by atoms with E-state index in [1.807, 2.05) is 51.2 Å². The molecule has 114 valence electrons. The first-order valence-corrected chi connectivity index (χ1v) is 7.17. The molecule has 0 aliphatic rings. The van der Waals surface area contributed by atoms with Gasteiger partial charge in [0.2, 0.25) is 0 Å². The van der Waals surface area contributed by atoms with Gasteiger partial charge in [0.25, 0.3) is 0 Å². The largest absolute Gasteiger partial charge is 0.491 e. The van der Waals surface area contributed by atoms with Gasteiger partial charge in [0.15, 0.2) is 0 Å². The quantitative estimate of drug-likeness (QED) is 0.730. The van der Waals surface area contributed by atoms with Crippen LogP contribution in [0.3, 0.4) is 0 Å². The average Bonchev–Trinajstić information content (AvgIpc) is 2.89. The van der Waals surface area contributed by atoms with E-state index in [9.17, 15) is 5.11 Å². The number of nitrogens with one attached hydrogen (secondary N) is 2. The minimum absolute atomic E-state index is 0.136. The average molecular weight is 289 g/mol. The van der Waals surface area contributed by atoms with Crippen LogP contribution in [0.25, 0.3) is 0 Å². The molecule has 5 heteroatoms. The van der Waals surface area contributed by atoms with Crippen LogP contribution in [0.2, 0.25) is 0 Å². The number of H-pyrrole nitrogens is 1. The second-order valence-electron chi connectivity index (χ2n) is 5.36. The van der Waals surface area contributed by atoms with E-state index >= 15 is 0 Å². The number of hydrogen-bond acceptors (Lipinski definition) is 4. The summed E-state index contributed by atoms with van der Waals surface area (Å²) < 4.78 is 5.59. The molecule has 0 saturated heterocycles. The van der Waals surface area contributed by atoms with E-state index in [0.29, 0.717) is 6.54 Å². The highest BCUT2D eigenvalue weighted by atomic mass is 16.5. The lowest BCUT2D eigenvalue weighted by Gasteiger charge is -2.17. The van der Waals surface area contributed by atoms with Crippen molar-refractivity contribution in [3.63, 3.8) is 0 Å². The molecule has 2 unspecified atom stereocenters. The molecular formula is C16H23N3O2. The molecule has 1 heterocycles. The molecule has 2 rings (SSSR count). The van der Waals surface area contributed by atoms with Crippen molar-refractivity contribution in [1.82, 2.24) is 15.5 Å². The van der Waals surface area contributed by atoms with Gasteiger partial charge in [0.1, 0.15) is 18.5 Å². The molecule has 0 radical (unpaired) electrons. The summed E-state index contributed by atoms with van der Waals surface area (Å²) in [6, 6.07) is 7.94. The predicted molar refractivity (Wildman–Crippen MR) is 82.4 cm³/mol. The van der Waals surface area contributed by atoms with Crippen molar-refractivity contribution in [2.75, 3.05) is 13.2 Å². The van der Waals surface area contributed by atoms with Crippen molar-refractivity contribution in [3.8, 4) is 5.75 Å². The van der Waals surface area contributed by atoms with Gasteiger partial charge in [-0.15, -0.1) is 0 Å². The fraction of sp³-hybridized carbons (Fsp3) is 0.438. The molecule has 0 spiro atoms. The maximum absolute atomic E-state index is 9.98. The summed E-state index contributed by atoms with van der Waals surface area (Å²) in [4.78, 5) is 0. The van der Waals surface area contributed by atoms with Crippen molar-refractivity contribution >= 4 is 0 Å². The zero-order valence-electron chi connectivity index (χ0n) is 12.8. The lowest BCUT2D eigenvalue weighted by molar-refractivity contribution is 0.104. The zero-order valence-corrected chi connectivity index (χ0v) is 12.8. The Kier molecular flexibility index (Phi) is 5.36. The van der Waals surface area contributed by atoms with Gasteiger partial charge in [0.05, 0.1) is 6.20 Å². The van der Waals surface area contributed by atoms with Gasteiger partial charge in [0, 0.05) is 23.8 Å². The number of aryl methyl sites for hydroxylation is 2. The van der Waals surface area contributed by atoms with Gasteiger partial charge in [-0.2, -0.15) is 5.10 Å². The molecule has 0 saturated carbocycles. The first-order valence-electron chi connectivity index (χ1n) is 7.17. The number of hydrogen-bond donors (Lipinski definition) is 3. The van der Waals surface area contributed by atoms with E-state index in [0.717, 1.165) is 22.6 Å². The molecule has 2 atom stereocenters. The normalized spacial score (nSPS) is 13.9. The fourth-order valence-electron chi connectivity index (χ4n) is 2.18. The number of nitrogens with zero attached hydrogens (tertiary/aromatic N) is 1. The van der Waals surface area contributed by atoms with Gasteiger partial charge in [-0.25, -0.2) is 0 Å². The van der Waals surface area contributed by atoms with Crippen LogP contribution in [0.4, 0.5) is 0 Å². The van der Waals surface area contributed by atoms with Crippen molar-refractivity contribution < 1.29 is 9.84 Å². The summed E-state index contributed by atoms with van der Waals surface area (Å²) >= 11 is 0. The van der Waals surface area contributed by atoms with E-state index in [1.165, 1.54) is 0 Å². The first-order chi connectivity index (χ1) is 10.1. The Morgan fingerprint density at radius 3 is 2.86 bits per heavy atom. The third kappa shape index (κ3) is 4.58. The van der Waals surface area contributed by atoms with E-state index in [1.54, 1.807) is 0 Å². The van der Waals surface area contributed by atoms with E-state index in [-0.39, 0.29) is 12.6 Å². The van der Waals surface area contributed by atoms with Crippen LogP contribution in [-0.2, 0) is 0 Å². The van der Waals surface area contributed by atoms with E-state index in [4.69, 9.17) is 4.74 Å². The number of benzene rings is 1. The van der Waals surface area contributed by atoms with Crippen molar-refractivity contribution in [3.05, 3.63) is 47.3 Å². The van der Waals surface area contributed by atoms with Gasteiger partial charge in [-0.3, -0.25) is 5.10 Å². The standard InChI is InChI=1S/C16H23N3O2/c1-11-5-4-6-15(7-11)21-10-14(20)8-17-12(2)16-9-18-19-13(16)3/h4-7,9,12,14,17,20H,8,10H2,1-3H3,(H,18,19). The van der Waals surface area contributed by atoms with Crippen LogP contribution in [0.1, 0.15) is 29.8 Å². The monoisotopic (exact) mass is 289 g/mol. The number of ether oxygens (including phenoxy) is 1. The van der Waals surface area contributed by atoms with E-state index < -0.39 is 6.10 Å². The molecule has 1 aromatic carbocycles. The summed E-state index contributed by atoms with van der Waals surface area (Å²) in [5.41, 5.74) is 3.30. The molecule has 1 aromatic heterocycles. The lowest BCUT2D eigenvalue weighted by atomic mass is 10.1. The summed E-state index contributed by atoms with van der Waals surface area (Å²) in [7, 11) is 0. The van der Waals surface area contributed by atoms with Crippen LogP contribution in [0.5, 0.6) is 5.75 Å². The Labute approximate surface area is 125 Å². The summed E-state index contributed by atoms with van der Waals surface area (Å²) in [6.45, 7) is 6.79. The smallest absolute Gasteiger partial charge is 0.119 e. The SMILES string of the molecule is Cc1cccc(OCC(O)CNC(C)c2cn[nH]c2C)c1. The number of aliphatic hydroxyl groups is 1. The van der Waals surface area contributed by atoms with Crippen LogP contribution >= 0.6 is 0 Å². The third-order valence-corrected chi connectivity index (χ3v) is 3.43. The third-order valence-electron chi connectivity index (χ3n) is 3.43. The van der Waals surface area contributed by atoms with Gasteiger partial charge >= 0.3 is 0 Å². The van der Waals surface area contributed by atoms with Crippen LogP contribution in [0, 0.1) is 13.8 Å². The van der Waals surface area contributed by atoms with Crippen molar-refractivity contribution in [1.29, 1.82) is 0 Å². The van der Waals surface area contributed by atoms with E-state index in [2.05, 4.69) is 15.5 Å². The highest BCUT2D eigenvalue weighted by Gasteiger charge is 2.12. The minimum atomic E-state index is -0.555. The second kappa shape index (κ2) is 7.24. The Morgan fingerprint density at radius 2 is 2.19 bits per heavy atom. The first kappa shape index (κ1) is 15.5. The number of aromatic nitrogens is 2. The molecule has 0 bridgehead atoms. The highest BCUT2D eigenvalue weighted by molar-refractivity contribution is 5.27. The summed E-state index contributed by atoms with van der Waals surface area (Å²) in [6.07, 6.45) is 1.25. The number of aromatic amines is 1. The topological polar surface area (TPSA) is 70.2 Å². The molecule has 0 aliphatic heterocycles. The predicted octanol–water partition coefficient (Wildman–Crippen LogP) is 2.12. The summed E-state index contributed by atoms with van der Waals surface area (Å²) in [5.74, 6) is 0.785. The van der Waals surface area contributed by atoms with Crippen LogP contribution in [0.15, 0.2) is 30.5 Å². The molecule has 21 heavy (non-hydrogen) atoms. The zero-order chi connectivity index (χ0) is 15.2. The van der Waals surface area contributed by atoms with Crippen LogP contribution < -0.4 is 10.1 Å². The molecular weight excluding hydrogens is 266 g/mol. The molecule has 0 fully saturated rings. The highest BCUT2D eigenvalue weighted by Crippen LogP contribution is 2.14. The van der Waals surface area contributed by atoms with Crippen LogP contribution in [-0.4, -0.2) is 34.6 Å². The van der Waals surface area contributed by atoms with Crippen molar-refractivity contribution in [2.45, 2.75) is 32.9 Å². The Hall–Kier alpha value is -1.85. The van der Waals surface area contributed by atoms with Gasteiger partial charge < -0.3 is 15.2 Å². The Morgan fingerprint density at radius 1 is 1.38 bits per heavy atom. The molecule has 5 nitrogen and oxygen atoms in total. The molecule has 0 aliphatic carbocycles. The Balaban J connectivity index is 1.75. The second-order valence-corrected chi connectivity index (χ2v) is 5.36. The molecule has 0 amide bonds. The maximum Gasteiger partial charge on any atom is 0.119 e. The Bertz CT molecular complexity index is 568. The lowest BCUT2D eigenvalue weighted by Crippen LogP contribution is -2.33. The fourth-order valence-corrected chi connectivity index (χ4v) is 2.18. The summed E-state index contributed by atoms with van der Waals surface area (Å²) in [5, 5.41) is 20.2. The minimum Gasteiger partial charge on any atom is -0.491 e. The maximum atomic E-state index is 9.98. The van der Waals surface area contributed by atoms with Crippen molar-refractivity contribution in [2.24, 2.45) is 0 Å². The van der Waals surface area contributed by atoms with Gasteiger partial charge in [-0.1, -0.05) is 12.1 Å². The number of rotatable bonds is 7. The number of aliphatic hydroxyl groups excluding tert-OH is 1. The molecule has 2 aromatic rings. The van der Waals surface area contributed by atoms with Gasteiger partial charge in [-0.05, 0) is 38.5 Å². The molecule has 3 N–H and O–H groups in total.